The van der Waals surface area contributed by atoms with Crippen LogP contribution in [0.15, 0.2) is 16.6 Å². The molecule has 0 bridgehead atoms. The fourth-order valence-corrected chi connectivity index (χ4v) is 3.39. The lowest BCUT2D eigenvalue weighted by molar-refractivity contribution is -0.129. The van der Waals surface area contributed by atoms with E-state index < -0.39 is 0 Å². The van der Waals surface area contributed by atoms with Gasteiger partial charge < -0.3 is 15.0 Å². The fourth-order valence-electron chi connectivity index (χ4n) is 2.83. The van der Waals surface area contributed by atoms with Crippen LogP contribution < -0.4 is 10.1 Å². The molecular formula is C14H17BrN2O2. The summed E-state index contributed by atoms with van der Waals surface area (Å²) in [5.41, 5.74) is 2.34. The van der Waals surface area contributed by atoms with E-state index in [2.05, 4.69) is 33.4 Å². The van der Waals surface area contributed by atoms with E-state index in [9.17, 15) is 4.79 Å². The highest BCUT2D eigenvalue weighted by Crippen LogP contribution is 2.34. The Kier molecular flexibility index (Phi) is 3.50. The highest BCUT2D eigenvalue weighted by atomic mass is 79.9. The van der Waals surface area contributed by atoms with E-state index in [1.165, 1.54) is 5.56 Å². The van der Waals surface area contributed by atoms with Gasteiger partial charge in [-0.05, 0) is 31.2 Å². The van der Waals surface area contributed by atoms with Crippen LogP contribution in [0, 0.1) is 0 Å². The standard InChI is InChI=1S/C14H17BrN2O2/c1-16-12-2-4-17(14(12)18)8-10-7-11(15)6-9-3-5-19-13(9)10/h6-7,12,16H,2-5,8H2,1H3. The van der Waals surface area contributed by atoms with Crippen LogP contribution in [0.25, 0.3) is 0 Å². The van der Waals surface area contributed by atoms with Crippen LogP contribution in [-0.2, 0) is 17.8 Å². The second-order valence-corrected chi connectivity index (χ2v) is 5.96. The topological polar surface area (TPSA) is 41.6 Å². The van der Waals surface area contributed by atoms with Crippen LogP contribution in [0.2, 0.25) is 0 Å². The Morgan fingerprint density at radius 2 is 2.37 bits per heavy atom. The first-order valence-corrected chi connectivity index (χ1v) is 7.38. The molecule has 1 unspecified atom stereocenters. The van der Waals surface area contributed by atoms with Gasteiger partial charge in [0.25, 0.3) is 0 Å². The maximum atomic E-state index is 12.1. The monoisotopic (exact) mass is 324 g/mol. The number of hydrogen-bond acceptors (Lipinski definition) is 3. The fraction of sp³-hybridized carbons (Fsp3) is 0.500. The molecule has 1 fully saturated rings. The van der Waals surface area contributed by atoms with Gasteiger partial charge in [-0.15, -0.1) is 0 Å². The van der Waals surface area contributed by atoms with Gasteiger partial charge in [0.1, 0.15) is 5.75 Å². The number of hydrogen-bond donors (Lipinski definition) is 1. The number of amides is 1. The quantitative estimate of drug-likeness (QED) is 0.920. The Bertz CT molecular complexity index is 518. The van der Waals surface area contributed by atoms with E-state index in [4.69, 9.17) is 4.74 Å². The molecule has 5 heteroatoms. The second kappa shape index (κ2) is 5.13. The van der Waals surface area contributed by atoms with E-state index >= 15 is 0 Å². The van der Waals surface area contributed by atoms with Gasteiger partial charge in [0, 0.05) is 29.5 Å². The number of fused-ring (bicyclic) bond motifs is 1. The lowest BCUT2D eigenvalue weighted by Crippen LogP contribution is -2.35. The SMILES string of the molecule is CNC1CCN(Cc2cc(Br)cc3c2OCC3)C1=O. The number of rotatable bonds is 3. The Balaban J connectivity index is 1.83. The normalized spacial score (nSPS) is 21.7. The van der Waals surface area contributed by atoms with Crippen LogP contribution in [0.3, 0.4) is 0 Å². The first-order valence-electron chi connectivity index (χ1n) is 6.59. The molecule has 2 aliphatic heterocycles. The van der Waals surface area contributed by atoms with E-state index in [0.29, 0.717) is 6.54 Å². The van der Waals surface area contributed by atoms with E-state index in [1.807, 2.05) is 11.9 Å². The summed E-state index contributed by atoms with van der Waals surface area (Å²) < 4.78 is 6.77. The largest absolute Gasteiger partial charge is 0.493 e. The van der Waals surface area contributed by atoms with Crippen molar-refractivity contribution in [1.82, 2.24) is 10.2 Å². The summed E-state index contributed by atoms with van der Waals surface area (Å²) in [5, 5.41) is 3.06. The number of carbonyl (C=O) groups excluding carboxylic acids is 1. The summed E-state index contributed by atoms with van der Waals surface area (Å²) >= 11 is 3.53. The lowest BCUT2D eigenvalue weighted by atomic mass is 10.1. The molecule has 0 radical (unpaired) electrons. The molecule has 0 aliphatic carbocycles. The second-order valence-electron chi connectivity index (χ2n) is 5.04. The Labute approximate surface area is 121 Å². The molecule has 4 nitrogen and oxygen atoms in total. The van der Waals surface area contributed by atoms with Gasteiger partial charge >= 0.3 is 0 Å². The summed E-state index contributed by atoms with van der Waals surface area (Å²) in [7, 11) is 1.84. The molecule has 2 heterocycles. The minimum atomic E-state index is -0.0267. The Morgan fingerprint density at radius 1 is 1.53 bits per heavy atom. The summed E-state index contributed by atoms with van der Waals surface area (Å²) in [6.45, 7) is 2.19. The molecular weight excluding hydrogens is 308 g/mol. The van der Waals surface area contributed by atoms with Gasteiger partial charge in [-0.3, -0.25) is 4.79 Å². The van der Waals surface area contributed by atoms with Crippen LogP contribution >= 0.6 is 15.9 Å². The van der Waals surface area contributed by atoms with E-state index in [0.717, 1.165) is 41.8 Å². The van der Waals surface area contributed by atoms with Crippen molar-refractivity contribution in [3.63, 3.8) is 0 Å². The van der Waals surface area contributed by atoms with Gasteiger partial charge in [0.2, 0.25) is 5.91 Å². The number of likely N-dealkylation sites (N-methyl/N-ethyl adjacent to an activating group) is 1. The zero-order valence-electron chi connectivity index (χ0n) is 10.9. The van der Waals surface area contributed by atoms with Crippen molar-refractivity contribution >= 4 is 21.8 Å². The predicted molar refractivity (Wildman–Crippen MR) is 76.2 cm³/mol. The van der Waals surface area contributed by atoms with Crippen LogP contribution in [0.5, 0.6) is 5.75 Å². The average Bonchev–Trinajstić information content (AvgIpc) is 2.97. The number of ether oxygens (including phenoxy) is 1. The summed E-state index contributed by atoms with van der Waals surface area (Å²) in [6, 6.07) is 4.14. The highest BCUT2D eigenvalue weighted by Gasteiger charge is 2.31. The van der Waals surface area contributed by atoms with Crippen molar-refractivity contribution in [2.24, 2.45) is 0 Å². The van der Waals surface area contributed by atoms with Crippen molar-refractivity contribution < 1.29 is 9.53 Å². The molecule has 0 spiro atoms. The number of carbonyl (C=O) groups is 1. The Hall–Kier alpha value is -1.07. The smallest absolute Gasteiger partial charge is 0.240 e. The molecule has 1 atom stereocenters. The molecule has 3 rings (SSSR count). The number of halogens is 1. The molecule has 0 aromatic heterocycles. The van der Waals surface area contributed by atoms with Gasteiger partial charge in [-0.25, -0.2) is 0 Å². The summed E-state index contributed by atoms with van der Waals surface area (Å²) in [4.78, 5) is 14.0. The van der Waals surface area contributed by atoms with Crippen molar-refractivity contribution in [3.05, 3.63) is 27.7 Å². The minimum absolute atomic E-state index is 0.0267. The number of nitrogens with zero attached hydrogens (tertiary/aromatic N) is 1. The van der Waals surface area contributed by atoms with Gasteiger partial charge in [-0.1, -0.05) is 15.9 Å². The number of nitrogens with one attached hydrogen (secondary N) is 1. The average molecular weight is 325 g/mol. The first kappa shape index (κ1) is 12.9. The number of likely N-dealkylation sites (tertiary alicyclic amines) is 1. The molecule has 0 saturated carbocycles. The van der Waals surface area contributed by atoms with Gasteiger partial charge in [0.15, 0.2) is 0 Å². The molecule has 1 N–H and O–H groups in total. The molecule has 1 saturated heterocycles. The van der Waals surface area contributed by atoms with Gasteiger partial charge in [-0.2, -0.15) is 0 Å². The maximum Gasteiger partial charge on any atom is 0.240 e. The third kappa shape index (κ3) is 2.37. The zero-order valence-corrected chi connectivity index (χ0v) is 12.5. The molecule has 1 aromatic carbocycles. The zero-order chi connectivity index (χ0) is 13.4. The summed E-state index contributed by atoms with van der Waals surface area (Å²) in [6.07, 6.45) is 1.83. The molecule has 1 amide bonds. The van der Waals surface area contributed by atoms with Crippen LogP contribution in [0.4, 0.5) is 0 Å². The highest BCUT2D eigenvalue weighted by molar-refractivity contribution is 9.10. The molecule has 19 heavy (non-hydrogen) atoms. The maximum absolute atomic E-state index is 12.1. The molecule has 2 aliphatic rings. The van der Waals surface area contributed by atoms with Crippen LogP contribution in [0.1, 0.15) is 17.5 Å². The van der Waals surface area contributed by atoms with Crippen molar-refractivity contribution in [1.29, 1.82) is 0 Å². The number of benzene rings is 1. The predicted octanol–water partition coefficient (Wildman–Crippen LogP) is 1.70. The van der Waals surface area contributed by atoms with Crippen molar-refractivity contribution in [2.75, 3.05) is 20.2 Å². The third-order valence-electron chi connectivity index (χ3n) is 3.83. The van der Waals surface area contributed by atoms with Crippen molar-refractivity contribution in [2.45, 2.75) is 25.4 Å². The minimum Gasteiger partial charge on any atom is -0.493 e. The van der Waals surface area contributed by atoms with Crippen LogP contribution in [-0.4, -0.2) is 37.0 Å². The lowest BCUT2D eigenvalue weighted by Gasteiger charge is -2.18. The van der Waals surface area contributed by atoms with E-state index in [-0.39, 0.29) is 11.9 Å². The van der Waals surface area contributed by atoms with Crippen molar-refractivity contribution in [3.8, 4) is 5.75 Å². The van der Waals surface area contributed by atoms with Gasteiger partial charge in [0.05, 0.1) is 12.6 Å². The first-order chi connectivity index (χ1) is 9.19. The summed E-state index contributed by atoms with van der Waals surface area (Å²) in [5.74, 6) is 1.16. The Morgan fingerprint density at radius 3 is 3.11 bits per heavy atom. The molecule has 102 valence electrons. The molecule has 1 aromatic rings. The third-order valence-corrected chi connectivity index (χ3v) is 4.29. The van der Waals surface area contributed by atoms with E-state index in [1.54, 1.807) is 0 Å².